The molecule has 0 radical (unpaired) electrons. The summed E-state index contributed by atoms with van der Waals surface area (Å²) in [6.07, 6.45) is -1.56. The Morgan fingerprint density at radius 2 is 2.24 bits per heavy atom. The normalized spacial score (nSPS) is 12.0. The fraction of sp³-hybridized carbons (Fsp3) is 0.273. The van der Waals surface area contributed by atoms with Crippen LogP contribution in [0.4, 0.5) is 13.2 Å². The van der Waals surface area contributed by atoms with Gasteiger partial charge in [0.05, 0.1) is 11.9 Å². The Morgan fingerprint density at radius 3 is 2.76 bits per heavy atom. The molecule has 2 N–H and O–H groups in total. The Hall–Kier alpha value is -2.65. The lowest BCUT2D eigenvalue weighted by Crippen LogP contribution is -2.18. The molecule has 2 aromatic heterocycles. The highest BCUT2D eigenvalue weighted by Crippen LogP contribution is 2.27. The van der Waals surface area contributed by atoms with Crippen LogP contribution >= 0.6 is 0 Å². The van der Waals surface area contributed by atoms with E-state index in [0.717, 1.165) is 0 Å². The minimum absolute atomic E-state index is 0.401. The van der Waals surface area contributed by atoms with Gasteiger partial charge in [-0.05, 0) is 6.92 Å². The van der Waals surface area contributed by atoms with Crippen molar-refractivity contribution in [3.05, 3.63) is 34.9 Å². The van der Waals surface area contributed by atoms with Crippen LogP contribution in [0.15, 0.2) is 17.4 Å². The van der Waals surface area contributed by atoms with Gasteiger partial charge in [-0.3, -0.25) is 14.6 Å². The number of nitrogens with zero attached hydrogens (tertiary/aromatic N) is 4. The van der Waals surface area contributed by atoms with E-state index in [1.807, 2.05) is 0 Å². The number of rotatable bonds is 3. The first-order valence-electron chi connectivity index (χ1n) is 5.73. The summed E-state index contributed by atoms with van der Waals surface area (Å²) in [5, 5.41) is 12.7. The molecule has 7 nitrogen and oxygen atoms in total. The Kier molecular flexibility index (Phi) is 3.78. The number of carbonyl (C=O) groups excluding carboxylic acids is 1. The van der Waals surface area contributed by atoms with Crippen LogP contribution < -0.4 is 5.43 Å². The Labute approximate surface area is 116 Å². The Balaban J connectivity index is 2.02. The number of aromatic nitrogens is 4. The number of hydrogen-bond donors (Lipinski definition) is 2. The minimum Gasteiger partial charge on any atom is -0.275 e. The van der Waals surface area contributed by atoms with E-state index in [4.69, 9.17) is 0 Å². The Morgan fingerprint density at radius 1 is 1.52 bits per heavy atom. The first-order valence-corrected chi connectivity index (χ1v) is 5.73. The summed E-state index contributed by atoms with van der Waals surface area (Å²) in [6, 6.07) is 0.611. The number of alkyl halides is 3. The molecular weight excluding hydrogens is 289 g/mol. The molecule has 0 aliphatic carbocycles. The number of carbonyl (C=O) groups is 1. The molecule has 10 heteroatoms. The second kappa shape index (κ2) is 5.38. The fourth-order valence-corrected chi connectivity index (χ4v) is 1.55. The maximum atomic E-state index is 12.3. The van der Waals surface area contributed by atoms with Crippen molar-refractivity contribution in [3.63, 3.8) is 0 Å². The zero-order chi connectivity index (χ0) is 15.6. The molecular formula is C11H11F3N6O. The van der Waals surface area contributed by atoms with Gasteiger partial charge in [0.25, 0.3) is 5.91 Å². The molecule has 0 aromatic carbocycles. The van der Waals surface area contributed by atoms with Crippen LogP contribution in [-0.2, 0) is 13.2 Å². The van der Waals surface area contributed by atoms with E-state index in [0.29, 0.717) is 17.3 Å². The molecule has 0 unspecified atom stereocenters. The first kappa shape index (κ1) is 14.8. The van der Waals surface area contributed by atoms with Gasteiger partial charge >= 0.3 is 6.18 Å². The summed E-state index contributed by atoms with van der Waals surface area (Å²) in [7, 11) is 1.73. The minimum atomic E-state index is -4.58. The molecule has 0 spiro atoms. The number of aromatic amines is 1. The van der Waals surface area contributed by atoms with Gasteiger partial charge in [-0.15, -0.1) is 0 Å². The maximum Gasteiger partial charge on any atom is 0.432 e. The molecule has 112 valence electrons. The molecule has 0 aliphatic heterocycles. The number of halogens is 3. The van der Waals surface area contributed by atoms with E-state index >= 15 is 0 Å². The molecule has 0 saturated carbocycles. The third-order valence-corrected chi connectivity index (χ3v) is 2.54. The van der Waals surface area contributed by atoms with Crippen LogP contribution in [0.1, 0.15) is 27.4 Å². The molecule has 0 aliphatic rings. The van der Waals surface area contributed by atoms with Gasteiger partial charge in [-0.1, -0.05) is 0 Å². The summed E-state index contributed by atoms with van der Waals surface area (Å²) in [5.74, 6) is -0.848. The first-order chi connectivity index (χ1) is 9.77. The number of amides is 1. The summed E-state index contributed by atoms with van der Waals surface area (Å²) in [4.78, 5) is 11.6. The summed E-state index contributed by atoms with van der Waals surface area (Å²) < 4.78 is 38.6. The van der Waals surface area contributed by atoms with Gasteiger partial charge in [0.15, 0.2) is 5.69 Å². The van der Waals surface area contributed by atoms with Crippen molar-refractivity contribution < 1.29 is 18.0 Å². The number of hydrogen-bond acceptors (Lipinski definition) is 4. The zero-order valence-corrected chi connectivity index (χ0v) is 11.1. The highest BCUT2D eigenvalue weighted by atomic mass is 19.4. The third kappa shape index (κ3) is 3.46. The monoisotopic (exact) mass is 300 g/mol. The predicted molar refractivity (Wildman–Crippen MR) is 66.6 cm³/mol. The largest absolute Gasteiger partial charge is 0.432 e. The topological polar surface area (TPSA) is 88.0 Å². The summed E-state index contributed by atoms with van der Waals surface area (Å²) in [6.45, 7) is 1.76. The second-order valence-electron chi connectivity index (χ2n) is 4.21. The fourth-order valence-electron chi connectivity index (χ4n) is 1.55. The highest BCUT2D eigenvalue weighted by molar-refractivity contribution is 5.93. The van der Waals surface area contributed by atoms with Gasteiger partial charge in [0.1, 0.15) is 5.69 Å². The maximum absolute atomic E-state index is 12.3. The molecule has 0 atom stereocenters. The third-order valence-electron chi connectivity index (χ3n) is 2.54. The zero-order valence-electron chi connectivity index (χ0n) is 11.1. The van der Waals surface area contributed by atoms with Crippen molar-refractivity contribution in [3.8, 4) is 0 Å². The molecule has 21 heavy (non-hydrogen) atoms. The van der Waals surface area contributed by atoms with Gasteiger partial charge in [0.2, 0.25) is 0 Å². The molecule has 0 saturated heterocycles. The lowest BCUT2D eigenvalue weighted by atomic mass is 10.3. The van der Waals surface area contributed by atoms with Crippen LogP contribution in [0.25, 0.3) is 0 Å². The van der Waals surface area contributed by atoms with E-state index in [1.165, 1.54) is 6.21 Å². The van der Waals surface area contributed by atoms with Crippen molar-refractivity contribution in [2.75, 3.05) is 0 Å². The van der Waals surface area contributed by atoms with E-state index in [1.54, 1.807) is 29.9 Å². The highest BCUT2D eigenvalue weighted by Gasteiger charge is 2.33. The molecule has 1 amide bonds. The summed E-state index contributed by atoms with van der Waals surface area (Å²) >= 11 is 0. The van der Waals surface area contributed by atoms with Gasteiger partial charge < -0.3 is 0 Å². The van der Waals surface area contributed by atoms with Crippen LogP contribution in [-0.4, -0.2) is 32.1 Å². The quantitative estimate of drug-likeness (QED) is 0.660. The van der Waals surface area contributed by atoms with E-state index in [9.17, 15) is 18.0 Å². The van der Waals surface area contributed by atoms with Gasteiger partial charge in [-0.2, -0.15) is 28.5 Å². The molecule has 2 aromatic rings. The van der Waals surface area contributed by atoms with Crippen LogP contribution in [0, 0.1) is 6.92 Å². The van der Waals surface area contributed by atoms with E-state index in [2.05, 4.69) is 20.7 Å². The van der Waals surface area contributed by atoms with Crippen molar-refractivity contribution in [1.29, 1.82) is 0 Å². The average molecular weight is 300 g/mol. The summed E-state index contributed by atoms with van der Waals surface area (Å²) in [5.41, 5.74) is 1.97. The number of nitrogens with one attached hydrogen (secondary N) is 2. The van der Waals surface area contributed by atoms with Crippen LogP contribution in [0.5, 0.6) is 0 Å². The smallest absolute Gasteiger partial charge is 0.275 e. The average Bonchev–Trinajstić information content (AvgIpc) is 2.96. The number of aryl methyl sites for hydroxylation is 2. The molecule has 2 rings (SSSR count). The second-order valence-corrected chi connectivity index (χ2v) is 4.21. The van der Waals surface area contributed by atoms with Crippen molar-refractivity contribution in [2.24, 2.45) is 12.1 Å². The molecule has 0 bridgehead atoms. The standard InChI is InChI=1S/C11H11F3N6O/c1-6-7(5-20(2)19-6)4-15-18-10(21)8-3-9(17-16-8)11(12,13)14/h3-5H,1-2H3,(H,16,17)(H,18,21)/b15-4+. The van der Waals surface area contributed by atoms with Crippen molar-refractivity contribution in [1.82, 2.24) is 25.4 Å². The van der Waals surface area contributed by atoms with Gasteiger partial charge in [0, 0.05) is 24.9 Å². The number of hydrazone groups is 1. The van der Waals surface area contributed by atoms with Crippen molar-refractivity contribution in [2.45, 2.75) is 13.1 Å². The SMILES string of the molecule is Cc1nn(C)cc1/C=N/NC(=O)c1cc(C(F)(F)F)[nH]n1. The predicted octanol–water partition coefficient (Wildman–Crippen LogP) is 1.23. The van der Waals surface area contributed by atoms with E-state index in [-0.39, 0.29) is 0 Å². The van der Waals surface area contributed by atoms with Crippen molar-refractivity contribution >= 4 is 12.1 Å². The molecule has 0 fully saturated rings. The van der Waals surface area contributed by atoms with Crippen LogP contribution in [0.2, 0.25) is 0 Å². The van der Waals surface area contributed by atoms with E-state index < -0.39 is 23.5 Å². The number of H-pyrrole nitrogens is 1. The molecule has 2 heterocycles. The van der Waals surface area contributed by atoms with Crippen LogP contribution in [0.3, 0.4) is 0 Å². The lowest BCUT2D eigenvalue weighted by molar-refractivity contribution is -0.141. The Bertz CT molecular complexity index is 684. The lowest BCUT2D eigenvalue weighted by Gasteiger charge is -1.99. The van der Waals surface area contributed by atoms with Gasteiger partial charge in [-0.25, -0.2) is 5.43 Å².